The molecule has 0 saturated carbocycles. The Labute approximate surface area is 101 Å². The summed E-state index contributed by atoms with van der Waals surface area (Å²) < 4.78 is 0. The normalized spacial score (nSPS) is 14.7. The molecular formula is C12H16N4O. The smallest absolute Gasteiger partial charge is 0.146 e. The lowest BCUT2D eigenvalue weighted by molar-refractivity contribution is 0.311. The van der Waals surface area contributed by atoms with Gasteiger partial charge in [0.1, 0.15) is 17.5 Å². The van der Waals surface area contributed by atoms with Gasteiger partial charge in [-0.3, -0.25) is 0 Å². The van der Waals surface area contributed by atoms with Crippen LogP contribution in [0.5, 0.6) is 0 Å². The molecule has 1 aliphatic heterocycles. The van der Waals surface area contributed by atoms with E-state index >= 15 is 0 Å². The molecule has 0 atom stereocenters. The van der Waals surface area contributed by atoms with Gasteiger partial charge in [-0.25, -0.2) is 4.98 Å². The molecule has 0 radical (unpaired) electrons. The van der Waals surface area contributed by atoms with Crippen molar-refractivity contribution in [3.05, 3.63) is 17.8 Å². The lowest BCUT2D eigenvalue weighted by atomic mass is 10.2. The fourth-order valence-electron chi connectivity index (χ4n) is 2.09. The van der Waals surface area contributed by atoms with Gasteiger partial charge in [0, 0.05) is 25.8 Å². The van der Waals surface area contributed by atoms with Crippen molar-refractivity contribution in [1.82, 2.24) is 4.98 Å². The molecule has 1 aromatic heterocycles. The third-order valence-corrected chi connectivity index (χ3v) is 2.89. The molecule has 1 aromatic rings. The predicted molar refractivity (Wildman–Crippen MR) is 66.0 cm³/mol. The van der Waals surface area contributed by atoms with Crippen molar-refractivity contribution in [2.45, 2.75) is 12.8 Å². The summed E-state index contributed by atoms with van der Waals surface area (Å²) in [6, 6.07) is 4.08. The first-order chi connectivity index (χ1) is 8.36. The van der Waals surface area contributed by atoms with Crippen LogP contribution in [0.2, 0.25) is 0 Å². The first-order valence-corrected chi connectivity index (χ1v) is 5.85. The molecule has 17 heavy (non-hydrogen) atoms. The van der Waals surface area contributed by atoms with Crippen LogP contribution in [0.25, 0.3) is 0 Å². The zero-order valence-corrected chi connectivity index (χ0v) is 9.69. The number of nitriles is 1. The largest absolute Gasteiger partial charge is 0.395 e. The molecule has 2 N–H and O–H groups in total. The van der Waals surface area contributed by atoms with E-state index in [-0.39, 0.29) is 6.61 Å². The number of anilines is 2. The lowest BCUT2D eigenvalue weighted by Gasteiger charge is -2.20. The van der Waals surface area contributed by atoms with Crippen LogP contribution in [-0.4, -0.2) is 36.3 Å². The van der Waals surface area contributed by atoms with Crippen LogP contribution in [0.1, 0.15) is 18.4 Å². The van der Waals surface area contributed by atoms with Gasteiger partial charge in [-0.05, 0) is 18.9 Å². The Balaban J connectivity index is 2.28. The van der Waals surface area contributed by atoms with Gasteiger partial charge in [0.2, 0.25) is 0 Å². The minimum absolute atomic E-state index is 0.0283. The Morgan fingerprint density at radius 1 is 1.47 bits per heavy atom. The second-order valence-corrected chi connectivity index (χ2v) is 4.01. The number of nitrogens with zero attached hydrogens (tertiary/aromatic N) is 3. The van der Waals surface area contributed by atoms with Crippen LogP contribution in [-0.2, 0) is 0 Å². The number of aromatic nitrogens is 1. The second-order valence-electron chi connectivity index (χ2n) is 4.01. The first kappa shape index (κ1) is 11.7. The minimum atomic E-state index is 0.0283. The van der Waals surface area contributed by atoms with Crippen LogP contribution in [0.3, 0.4) is 0 Å². The van der Waals surface area contributed by atoms with E-state index in [4.69, 9.17) is 5.11 Å². The molecule has 1 saturated heterocycles. The molecule has 0 amide bonds. The van der Waals surface area contributed by atoms with Crippen LogP contribution in [0.15, 0.2) is 12.3 Å². The van der Waals surface area contributed by atoms with E-state index in [1.54, 1.807) is 6.20 Å². The molecule has 90 valence electrons. The highest BCUT2D eigenvalue weighted by Gasteiger charge is 2.18. The third kappa shape index (κ3) is 2.48. The molecule has 0 aliphatic carbocycles. The summed E-state index contributed by atoms with van der Waals surface area (Å²) in [6.07, 6.45) is 4.05. The highest BCUT2D eigenvalue weighted by molar-refractivity contribution is 5.69. The summed E-state index contributed by atoms with van der Waals surface area (Å²) in [5.41, 5.74) is 1.52. The summed E-state index contributed by atoms with van der Waals surface area (Å²) in [5.74, 6) is 0.561. The van der Waals surface area contributed by atoms with E-state index in [9.17, 15) is 5.26 Å². The van der Waals surface area contributed by atoms with Gasteiger partial charge in [0.25, 0.3) is 0 Å². The maximum Gasteiger partial charge on any atom is 0.146 e. The molecule has 0 bridgehead atoms. The summed E-state index contributed by atoms with van der Waals surface area (Å²) in [7, 11) is 0. The van der Waals surface area contributed by atoms with Crippen LogP contribution in [0, 0.1) is 11.3 Å². The highest BCUT2D eigenvalue weighted by Crippen LogP contribution is 2.27. The Kier molecular flexibility index (Phi) is 3.78. The number of hydrogen-bond acceptors (Lipinski definition) is 5. The number of rotatable bonds is 4. The maximum atomic E-state index is 9.24. The van der Waals surface area contributed by atoms with Crippen molar-refractivity contribution in [3.8, 4) is 6.07 Å². The number of hydrogen-bond donors (Lipinski definition) is 2. The average molecular weight is 232 g/mol. The molecule has 1 fully saturated rings. The van der Waals surface area contributed by atoms with E-state index < -0.39 is 0 Å². The third-order valence-electron chi connectivity index (χ3n) is 2.89. The van der Waals surface area contributed by atoms with Gasteiger partial charge >= 0.3 is 0 Å². The number of aliphatic hydroxyl groups is 1. The van der Waals surface area contributed by atoms with Crippen molar-refractivity contribution in [2.75, 3.05) is 36.5 Å². The van der Waals surface area contributed by atoms with Crippen molar-refractivity contribution in [3.63, 3.8) is 0 Å². The Morgan fingerprint density at radius 2 is 2.24 bits per heavy atom. The van der Waals surface area contributed by atoms with E-state index in [1.165, 1.54) is 12.8 Å². The van der Waals surface area contributed by atoms with Crippen molar-refractivity contribution >= 4 is 11.5 Å². The molecule has 2 heterocycles. The van der Waals surface area contributed by atoms with Crippen molar-refractivity contribution in [1.29, 1.82) is 5.26 Å². The quantitative estimate of drug-likeness (QED) is 0.809. The van der Waals surface area contributed by atoms with Crippen LogP contribution in [0.4, 0.5) is 11.5 Å². The van der Waals surface area contributed by atoms with Gasteiger partial charge in [-0.1, -0.05) is 0 Å². The molecule has 2 rings (SSSR count). The van der Waals surface area contributed by atoms with Gasteiger partial charge < -0.3 is 15.3 Å². The molecule has 0 aromatic carbocycles. The summed E-state index contributed by atoms with van der Waals surface area (Å²) in [5, 5.41) is 21.0. The van der Waals surface area contributed by atoms with Gasteiger partial charge in [0.05, 0.1) is 12.3 Å². The van der Waals surface area contributed by atoms with Gasteiger partial charge in [-0.15, -0.1) is 0 Å². The van der Waals surface area contributed by atoms with Crippen molar-refractivity contribution in [2.24, 2.45) is 0 Å². The van der Waals surface area contributed by atoms with E-state index in [0.29, 0.717) is 17.9 Å². The Hall–Kier alpha value is -1.80. The molecule has 5 heteroatoms. The standard InChI is InChI=1S/C12H16N4O/c13-9-10-11(16-6-1-2-7-16)3-4-14-12(10)15-5-8-17/h3-4,17H,1-2,5-8H2,(H,14,15). The summed E-state index contributed by atoms with van der Waals surface area (Å²) in [4.78, 5) is 6.36. The number of aliphatic hydroxyl groups excluding tert-OH is 1. The van der Waals surface area contributed by atoms with E-state index in [1.807, 2.05) is 6.07 Å². The first-order valence-electron chi connectivity index (χ1n) is 5.85. The monoisotopic (exact) mass is 232 g/mol. The molecular weight excluding hydrogens is 216 g/mol. The van der Waals surface area contributed by atoms with E-state index in [2.05, 4.69) is 21.3 Å². The second kappa shape index (κ2) is 5.51. The molecule has 0 unspecified atom stereocenters. The fourth-order valence-corrected chi connectivity index (χ4v) is 2.09. The zero-order valence-electron chi connectivity index (χ0n) is 9.69. The Morgan fingerprint density at radius 3 is 2.88 bits per heavy atom. The number of pyridine rings is 1. The van der Waals surface area contributed by atoms with Gasteiger partial charge in [-0.2, -0.15) is 5.26 Å². The van der Waals surface area contributed by atoms with Gasteiger partial charge in [0.15, 0.2) is 0 Å². The average Bonchev–Trinajstić information content (AvgIpc) is 2.89. The predicted octanol–water partition coefficient (Wildman–Crippen LogP) is 0.958. The molecule has 5 nitrogen and oxygen atoms in total. The van der Waals surface area contributed by atoms with Crippen molar-refractivity contribution < 1.29 is 5.11 Å². The summed E-state index contributed by atoms with van der Waals surface area (Å²) in [6.45, 7) is 2.43. The highest BCUT2D eigenvalue weighted by atomic mass is 16.3. The molecule has 0 spiro atoms. The summed E-state index contributed by atoms with van der Waals surface area (Å²) >= 11 is 0. The molecule has 1 aliphatic rings. The van der Waals surface area contributed by atoms with Crippen LogP contribution < -0.4 is 10.2 Å². The zero-order chi connectivity index (χ0) is 12.1. The maximum absolute atomic E-state index is 9.24. The SMILES string of the molecule is N#Cc1c(N2CCCC2)ccnc1NCCO. The topological polar surface area (TPSA) is 72.2 Å². The van der Waals surface area contributed by atoms with Crippen LogP contribution >= 0.6 is 0 Å². The fraction of sp³-hybridized carbons (Fsp3) is 0.500. The number of nitrogens with one attached hydrogen (secondary N) is 1. The lowest BCUT2D eigenvalue weighted by Crippen LogP contribution is -2.20. The van der Waals surface area contributed by atoms with E-state index in [0.717, 1.165) is 18.8 Å². The minimum Gasteiger partial charge on any atom is -0.395 e. The Bertz CT molecular complexity index is 421.